The van der Waals surface area contributed by atoms with Gasteiger partial charge in [0.05, 0.1) is 12.3 Å². The van der Waals surface area contributed by atoms with E-state index in [4.69, 9.17) is 0 Å². The molecule has 1 aromatic heterocycles. The van der Waals surface area contributed by atoms with E-state index < -0.39 is 0 Å². The monoisotopic (exact) mass is 294 g/mol. The molecule has 1 aliphatic rings. The van der Waals surface area contributed by atoms with Gasteiger partial charge in [0.2, 0.25) is 5.91 Å². The fourth-order valence-electron chi connectivity index (χ4n) is 2.56. The van der Waals surface area contributed by atoms with E-state index in [-0.39, 0.29) is 12.0 Å². The molecule has 2 heterocycles. The number of carbonyl (C=O) groups is 1. The predicted octanol–water partition coefficient (Wildman–Crippen LogP) is 0.497. The Labute approximate surface area is 126 Å². The molecule has 1 fully saturated rings. The summed E-state index contributed by atoms with van der Waals surface area (Å²) >= 11 is 0. The summed E-state index contributed by atoms with van der Waals surface area (Å²) in [6.07, 6.45) is 4.79. The van der Waals surface area contributed by atoms with Crippen LogP contribution in [0.5, 0.6) is 0 Å². The van der Waals surface area contributed by atoms with Crippen LogP contribution in [0.25, 0.3) is 0 Å². The molecule has 1 aromatic rings. The third kappa shape index (κ3) is 4.82. The molecule has 6 heteroatoms. The molecule has 21 heavy (non-hydrogen) atoms. The summed E-state index contributed by atoms with van der Waals surface area (Å²) in [7, 11) is 0. The SMILES string of the molecule is CCC(O)CN1CCN(C(=O)CCn2cc(C)cn2)CC1. The molecule has 0 aliphatic carbocycles. The van der Waals surface area contributed by atoms with Gasteiger partial charge in [-0.25, -0.2) is 0 Å². The van der Waals surface area contributed by atoms with E-state index >= 15 is 0 Å². The molecule has 118 valence electrons. The van der Waals surface area contributed by atoms with Gasteiger partial charge in [0.25, 0.3) is 0 Å². The fourth-order valence-corrected chi connectivity index (χ4v) is 2.56. The first-order chi connectivity index (χ1) is 10.1. The second-order valence-corrected chi connectivity index (χ2v) is 5.77. The zero-order valence-corrected chi connectivity index (χ0v) is 13.0. The Morgan fingerprint density at radius 2 is 2.10 bits per heavy atom. The van der Waals surface area contributed by atoms with Crippen LogP contribution in [-0.4, -0.2) is 69.4 Å². The van der Waals surface area contributed by atoms with Gasteiger partial charge in [0.15, 0.2) is 0 Å². The number of nitrogens with zero attached hydrogens (tertiary/aromatic N) is 4. The highest BCUT2D eigenvalue weighted by atomic mass is 16.3. The van der Waals surface area contributed by atoms with Crippen molar-refractivity contribution < 1.29 is 9.90 Å². The van der Waals surface area contributed by atoms with E-state index in [0.29, 0.717) is 19.5 Å². The van der Waals surface area contributed by atoms with E-state index in [1.54, 1.807) is 0 Å². The van der Waals surface area contributed by atoms with Crippen molar-refractivity contribution >= 4 is 5.91 Å². The van der Waals surface area contributed by atoms with Crippen LogP contribution in [-0.2, 0) is 11.3 Å². The molecule has 1 N–H and O–H groups in total. The maximum atomic E-state index is 12.2. The molecular formula is C15H26N4O2. The minimum Gasteiger partial charge on any atom is -0.392 e. The van der Waals surface area contributed by atoms with Gasteiger partial charge in [-0.2, -0.15) is 5.10 Å². The van der Waals surface area contributed by atoms with Crippen LogP contribution in [0.2, 0.25) is 0 Å². The minimum atomic E-state index is -0.254. The first-order valence-electron chi connectivity index (χ1n) is 7.75. The summed E-state index contributed by atoms with van der Waals surface area (Å²) in [5, 5.41) is 13.9. The Bertz CT molecular complexity index is 452. The highest BCUT2D eigenvalue weighted by Gasteiger charge is 2.21. The van der Waals surface area contributed by atoms with Crippen molar-refractivity contribution in [2.45, 2.75) is 39.3 Å². The molecule has 1 aliphatic heterocycles. The number of hydrogen-bond acceptors (Lipinski definition) is 4. The lowest BCUT2D eigenvalue weighted by Crippen LogP contribution is -2.50. The molecule has 0 bridgehead atoms. The normalized spacial score (nSPS) is 18.0. The molecule has 0 aromatic carbocycles. The van der Waals surface area contributed by atoms with Crippen LogP contribution in [0.15, 0.2) is 12.4 Å². The Hall–Kier alpha value is -1.40. The molecule has 0 spiro atoms. The molecular weight excluding hydrogens is 268 g/mol. The molecule has 6 nitrogen and oxygen atoms in total. The van der Waals surface area contributed by atoms with Crippen molar-refractivity contribution in [3.8, 4) is 0 Å². The van der Waals surface area contributed by atoms with Crippen LogP contribution < -0.4 is 0 Å². The van der Waals surface area contributed by atoms with Gasteiger partial charge in [0, 0.05) is 51.9 Å². The van der Waals surface area contributed by atoms with Crippen molar-refractivity contribution in [3.05, 3.63) is 18.0 Å². The molecule has 2 rings (SSSR count). The van der Waals surface area contributed by atoms with E-state index in [1.807, 2.05) is 35.8 Å². The van der Waals surface area contributed by atoms with Crippen molar-refractivity contribution in [1.82, 2.24) is 19.6 Å². The Morgan fingerprint density at radius 3 is 2.67 bits per heavy atom. The number of aliphatic hydroxyl groups excluding tert-OH is 1. The van der Waals surface area contributed by atoms with Crippen molar-refractivity contribution in [1.29, 1.82) is 0 Å². The predicted molar refractivity (Wildman–Crippen MR) is 80.9 cm³/mol. The summed E-state index contributed by atoms with van der Waals surface area (Å²) in [4.78, 5) is 16.3. The number of amides is 1. The third-order valence-electron chi connectivity index (χ3n) is 3.98. The van der Waals surface area contributed by atoms with Crippen LogP contribution in [0, 0.1) is 6.92 Å². The lowest BCUT2D eigenvalue weighted by Gasteiger charge is -2.35. The van der Waals surface area contributed by atoms with E-state index in [9.17, 15) is 9.90 Å². The fraction of sp³-hybridized carbons (Fsp3) is 0.733. The summed E-state index contributed by atoms with van der Waals surface area (Å²) in [6, 6.07) is 0. The molecule has 1 amide bonds. The summed E-state index contributed by atoms with van der Waals surface area (Å²) in [5.41, 5.74) is 1.12. The van der Waals surface area contributed by atoms with Gasteiger partial charge in [-0.1, -0.05) is 6.92 Å². The van der Waals surface area contributed by atoms with Crippen LogP contribution in [0.3, 0.4) is 0 Å². The lowest BCUT2D eigenvalue weighted by atomic mass is 10.2. The maximum absolute atomic E-state index is 12.2. The number of aryl methyl sites for hydroxylation is 2. The van der Waals surface area contributed by atoms with E-state index in [0.717, 1.165) is 38.2 Å². The Balaban J connectivity index is 1.70. The minimum absolute atomic E-state index is 0.193. The summed E-state index contributed by atoms with van der Waals surface area (Å²) in [5.74, 6) is 0.193. The number of carbonyl (C=O) groups excluding carboxylic acids is 1. The zero-order valence-electron chi connectivity index (χ0n) is 13.0. The highest BCUT2D eigenvalue weighted by Crippen LogP contribution is 2.06. The van der Waals surface area contributed by atoms with E-state index in [1.165, 1.54) is 0 Å². The third-order valence-corrected chi connectivity index (χ3v) is 3.98. The van der Waals surface area contributed by atoms with Gasteiger partial charge in [-0.05, 0) is 18.9 Å². The summed E-state index contributed by atoms with van der Waals surface area (Å²) < 4.78 is 1.82. The first kappa shape index (κ1) is 16.0. The molecule has 1 saturated heterocycles. The second-order valence-electron chi connectivity index (χ2n) is 5.77. The van der Waals surface area contributed by atoms with Gasteiger partial charge >= 0.3 is 0 Å². The summed E-state index contributed by atoms with van der Waals surface area (Å²) in [6.45, 7) is 8.55. The van der Waals surface area contributed by atoms with Crippen molar-refractivity contribution in [2.75, 3.05) is 32.7 Å². The average Bonchev–Trinajstić information content (AvgIpc) is 2.91. The number of aliphatic hydroxyl groups is 1. The molecule has 0 radical (unpaired) electrons. The van der Waals surface area contributed by atoms with Gasteiger partial charge in [-0.15, -0.1) is 0 Å². The van der Waals surface area contributed by atoms with Gasteiger partial charge in [-0.3, -0.25) is 14.4 Å². The van der Waals surface area contributed by atoms with Crippen LogP contribution in [0.4, 0.5) is 0 Å². The zero-order chi connectivity index (χ0) is 15.2. The largest absolute Gasteiger partial charge is 0.392 e. The quantitative estimate of drug-likeness (QED) is 0.830. The smallest absolute Gasteiger partial charge is 0.224 e. The van der Waals surface area contributed by atoms with E-state index in [2.05, 4.69) is 10.00 Å². The first-order valence-corrected chi connectivity index (χ1v) is 7.75. The Morgan fingerprint density at radius 1 is 1.38 bits per heavy atom. The molecule has 0 saturated carbocycles. The average molecular weight is 294 g/mol. The molecule has 1 unspecified atom stereocenters. The molecule has 1 atom stereocenters. The second kappa shape index (κ2) is 7.56. The van der Waals surface area contributed by atoms with Crippen LogP contribution in [0.1, 0.15) is 25.3 Å². The number of aromatic nitrogens is 2. The van der Waals surface area contributed by atoms with Gasteiger partial charge in [0.1, 0.15) is 0 Å². The standard InChI is InChI=1S/C15H26N4O2/c1-3-14(20)12-17-6-8-18(9-7-17)15(21)4-5-19-11-13(2)10-16-19/h10-11,14,20H,3-9,12H2,1-2H3. The number of rotatable bonds is 6. The highest BCUT2D eigenvalue weighted by molar-refractivity contribution is 5.76. The van der Waals surface area contributed by atoms with Crippen LogP contribution >= 0.6 is 0 Å². The van der Waals surface area contributed by atoms with Gasteiger partial charge < -0.3 is 10.0 Å². The number of β-amino-alcohol motifs (C(OH)–C–C–N with tert-alkyl or cyclic N) is 1. The maximum Gasteiger partial charge on any atom is 0.224 e. The lowest BCUT2D eigenvalue weighted by molar-refractivity contribution is -0.133. The number of hydrogen-bond donors (Lipinski definition) is 1. The Kier molecular flexibility index (Phi) is 5.76. The van der Waals surface area contributed by atoms with Crippen molar-refractivity contribution in [2.24, 2.45) is 0 Å². The van der Waals surface area contributed by atoms with Crippen molar-refractivity contribution in [3.63, 3.8) is 0 Å². The topological polar surface area (TPSA) is 61.6 Å². The number of piperazine rings is 1.